The van der Waals surface area contributed by atoms with Gasteiger partial charge in [-0.2, -0.15) is 4.31 Å². The maximum absolute atomic E-state index is 12.9. The first-order valence-corrected chi connectivity index (χ1v) is 7.34. The zero-order valence-corrected chi connectivity index (χ0v) is 14.6. The van der Waals surface area contributed by atoms with E-state index in [0.29, 0.717) is 0 Å². The fraction of sp³-hybridized carbons (Fsp3) is 0.455. The Morgan fingerprint density at radius 3 is 2.52 bits per heavy atom. The molecule has 0 bridgehead atoms. The Bertz CT molecular complexity index is 590. The molecule has 1 heterocycles. The lowest BCUT2D eigenvalue weighted by Crippen LogP contribution is -2.45. The second-order valence-corrected chi connectivity index (χ2v) is 6.33. The summed E-state index contributed by atoms with van der Waals surface area (Å²) in [7, 11) is -2.73. The standard InChI is InChI=1S/C11H16F2N4O3S.2ClH/c1-17(6-10(18)16-8-11(12,13)7-14)21(19,20)9-3-2-4-15-5-9;;/h2-5H,6-8,14H2,1H3,(H,16,18);2*1H. The minimum absolute atomic E-state index is 0. The van der Waals surface area contributed by atoms with Crippen molar-refractivity contribution in [2.45, 2.75) is 10.8 Å². The van der Waals surface area contributed by atoms with Gasteiger partial charge < -0.3 is 11.1 Å². The van der Waals surface area contributed by atoms with E-state index in [1.807, 2.05) is 5.32 Å². The molecule has 1 rings (SSSR count). The van der Waals surface area contributed by atoms with E-state index in [-0.39, 0.29) is 29.7 Å². The zero-order chi connectivity index (χ0) is 16.1. The quantitative estimate of drug-likeness (QED) is 0.689. The second kappa shape index (κ2) is 9.93. The summed E-state index contributed by atoms with van der Waals surface area (Å²) in [5.74, 6) is -4.07. The van der Waals surface area contributed by atoms with E-state index in [9.17, 15) is 22.0 Å². The lowest BCUT2D eigenvalue weighted by Gasteiger charge is -2.18. The van der Waals surface area contributed by atoms with E-state index in [2.05, 4.69) is 4.98 Å². The van der Waals surface area contributed by atoms with Gasteiger partial charge in [-0.3, -0.25) is 9.78 Å². The fourth-order valence-electron chi connectivity index (χ4n) is 1.32. The van der Waals surface area contributed by atoms with Crippen molar-refractivity contribution in [3.8, 4) is 0 Å². The first kappa shape index (κ1) is 24.2. The third-order valence-electron chi connectivity index (χ3n) is 2.55. The number of halogens is 4. The molecule has 0 atom stereocenters. The van der Waals surface area contributed by atoms with Crippen molar-refractivity contribution < 1.29 is 22.0 Å². The van der Waals surface area contributed by atoms with E-state index < -0.39 is 41.5 Å². The predicted octanol–water partition coefficient (Wildman–Crippen LogP) is 0.256. The Kier molecular flexibility index (Phi) is 10.4. The van der Waals surface area contributed by atoms with Gasteiger partial charge in [-0.25, -0.2) is 17.2 Å². The molecular formula is C11H18Cl2F2N4O3S. The number of nitrogens with zero attached hydrogens (tertiary/aromatic N) is 2. The molecule has 0 fully saturated rings. The van der Waals surface area contributed by atoms with Gasteiger partial charge in [-0.1, -0.05) is 0 Å². The van der Waals surface area contributed by atoms with E-state index >= 15 is 0 Å². The highest BCUT2D eigenvalue weighted by Crippen LogP contribution is 2.12. The molecule has 0 unspecified atom stereocenters. The van der Waals surface area contributed by atoms with Gasteiger partial charge in [0.25, 0.3) is 5.92 Å². The molecule has 1 aromatic rings. The number of nitrogens with one attached hydrogen (secondary N) is 1. The van der Waals surface area contributed by atoms with Crippen LogP contribution in [-0.4, -0.2) is 56.2 Å². The molecule has 0 aliphatic heterocycles. The van der Waals surface area contributed by atoms with Crippen LogP contribution in [0.25, 0.3) is 0 Å². The molecule has 12 heteroatoms. The molecule has 0 aliphatic rings. The summed E-state index contributed by atoms with van der Waals surface area (Å²) >= 11 is 0. The maximum Gasteiger partial charge on any atom is 0.277 e. The van der Waals surface area contributed by atoms with Crippen LogP contribution in [0.15, 0.2) is 29.4 Å². The first-order valence-electron chi connectivity index (χ1n) is 5.90. The summed E-state index contributed by atoms with van der Waals surface area (Å²) in [6.45, 7) is -2.43. The summed E-state index contributed by atoms with van der Waals surface area (Å²) in [6, 6.07) is 2.75. The first-order chi connectivity index (χ1) is 9.69. The molecule has 0 radical (unpaired) electrons. The Hall–Kier alpha value is -1.07. The maximum atomic E-state index is 12.9. The Morgan fingerprint density at radius 2 is 2.04 bits per heavy atom. The highest BCUT2D eigenvalue weighted by molar-refractivity contribution is 7.89. The van der Waals surface area contributed by atoms with Crippen LogP contribution in [0, 0.1) is 0 Å². The molecule has 0 spiro atoms. The summed E-state index contributed by atoms with van der Waals surface area (Å²) in [5.41, 5.74) is 4.82. The molecule has 0 saturated heterocycles. The van der Waals surface area contributed by atoms with Gasteiger partial charge in [0.05, 0.1) is 19.6 Å². The van der Waals surface area contributed by atoms with E-state index in [1.54, 1.807) is 0 Å². The average molecular weight is 395 g/mol. The van der Waals surface area contributed by atoms with Crippen LogP contribution >= 0.6 is 24.8 Å². The molecule has 0 aliphatic carbocycles. The largest absolute Gasteiger partial charge is 0.349 e. The Balaban J connectivity index is 0. The van der Waals surface area contributed by atoms with Crippen molar-refractivity contribution in [2.75, 3.05) is 26.7 Å². The van der Waals surface area contributed by atoms with E-state index in [0.717, 1.165) is 10.5 Å². The van der Waals surface area contributed by atoms with Gasteiger partial charge in [0.1, 0.15) is 4.90 Å². The van der Waals surface area contributed by atoms with Crippen LogP contribution in [0.1, 0.15) is 0 Å². The van der Waals surface area contributed by atoms with Crippen LogP contribution in [0.2, 0.25) is 0 Å². The fourth-order valence-corrected chi connectivity index (χ4v) is 2.41. The number of carbonyl (C=O) groups excluding carboxylic acids is 1. The Morgan fingerprint density at radius 1 is 1.43 bits per heavy atom. The number of alkyl halides is 2. The van der Waals surface area contributed by atoms with Gasteiger partial charge in [-0.05, 0) is 12.1 Å². The van der Waals surface area contributed by atoms with Crippen LogP contribution in [-0.2, 0) is 14.8 Å². The lowest BCUT2D eigenvalue weighted by molar-refractivity contribution is -0.122. The highest BCUT2D eigenvalue weighted by atomic mass is 35.5. The molecule has 1 aromatic heterocycles. The number of nitrogens with two attached hydrogens (primary N) is 1. The monoisotopic (exact) mass is 394 g/mol. The minimum atomic E-state index is -3.90. The number of carbonyl (C=O) groups is 1. The molecule has 134 valence electrons. The van der Waals surface area contributed by atoms with Crippen LogP contribution in [0.4, 0.5) is 8.78 Å². The molecule has 23 heavy (non-hydrogen) atoms. The number of likely N-dealkylation sites (N-methyl/N-ethyl adjacent to an activating group) is 1. The van der Waals surface area contributed by atoms with Crippen LogP contribution in [0.3, 0.4) is 0 Å². The molecule has 0 aromatic carbocycles. The van der Waals surface area contributed by atoms with Gasteiger partial charge in [0.15, 0.2) is 0 Å². The van der Waals surface area contributed by atoms with E-state index in [4.69, 9.17) is 5.73 Å². The summed E-state index contributed by atoms with van der Waals surface area (Å²) in [4.78, 5) is 15.1. The average Bonchev–Trinajstić information content (AvgIpc) is 2.46. The molecular weight excluding hydrogens is 377 g/mol. The van der Waals surface area contributed by atoms with Gasteiger partial charge in [-0.15, -0.1) is 24.8 Å². The zero-order valence-electron chi connectivity index (χ0n) is 12.1. The lowest BCUT2D eigenvalue weighted by atomic mass is 10.3. The second-order valence-electron chi connectivity index (χ2n) is 4.29. The number of hydrogen-bond donors (Lipinski definition) is 2. The van der Waals surface area contributed by atoms with Crippen molar-refractivity contribution >= 4 is 40.7 Å². The van der Waals surface area contributed by atoms with Crippen molar-refractivity contribution in [3.05, 3.63) is 24.5 Å². The highest BCUT2D eigenvalue weighted by Gasteiger charge is 2.28. The number of rotatable bonds is 7. The number of amides is 1. The van der Waals surface area contributed by atoms with Gasteiger partial charge >= 0.3 is 0 Å². The normalized spacial score (nSPS) is 11.3. The molecule has 0 saturated carbocycles. The summed E-state index contributed by atoms with van der Waals surface area (Å²) in [5, 5.41) is 1.94. The predicted molar refractivity (Wildman–Crippen MR) is 85.6 cm³/mol. The molecule has 3 N–H and O–H groups in total. The number of pyridine rings is 1. The van der Waals surface area contributed by atoms with Gasteiger partial charge in [0, 0.05) is 19.4 Å². The Labute approximate surface area is 145 Å². The smallest absolute Gasteiger partial charge is 0.277 e. The van der Waals surface area contributed by atoms with E-state index in [1.165, 1.54) is 25.4 Å². The molecule has 1 amide bonds. The van der Waals surface area contributed by atoms with Gasteiger partial charge in [0.2, 0.25) is 15.9 Å². The third-order valence-corrected chi connectivity index (χ3v) is 4.34. The summed E-state index contributed by atoms with van der Waals surface area (Å²) in [6.07, 6.45) is 2.53. The minimum Gasteiger partial charge on any atom is -0.349 e. The number of hydrogen-bond acceptors (Lipinski definition) is 5. The SMILES string of the molecule is CN(CC(=O)NCC(F)(F)CN)S(=O)(=O)c1cccnc1.Cl.Cl. The number of aromatic nitrogens is 1. The third kappa shape index (κ3) is 7.36. The van der Waals surface area contributed by atoms with Crippen LogP contribution in [0.5, 0.6) is 0 Å². The van der Waals surface area contributed by atoms with Crippen molar-refractivity contribution in [2.24, 2.45) is 5.73 Å². The van der Waals surface area contributed by atoms with Crippen molar-refractivity contribution in [1.82, 2.24) is 14.6 Å². The van der Waals surface area contributed by atoms with Crippen molar-refractivity contribution in [3.63, 3.8) is 0 Å². The van der Waals surface area contributed by atoms with Crippen LogP contribution < -0.4 is 11.1 Å². The number of sulfonamides is 1. The summed E-state index contributed by atoms with van der Waals surface area (Å²) < 4.78 is 50.6. The topological polar surface area (TPSA) is 105 Å². The van der Waals surface area contributed by atoms with Crippen molar-refractivity contribution in [1.29, 1.82) is 0 Å². The molecule has 7 nitrogen and oxygen atoms in total.